The van der Waals surface area contributed by atoms with Crippen molar-refractivity contribution in [2.45, 2.75) is 11.8 Å². The summed E-state index contributed by atoms with van der Waals surface area (Å²) < 4.78 is 24.9. The minimum Gasteiger partial charge on any atom is -0.383 e. The number of anilines is 1. The molecule has 0 aliphatic rings. The zero-order valence-electron chi connectivity index (χ0n) is 7.01. The molecule has 14 heavy (non-hydrogen) atoms. The van der Waals surface area contributed by atoms with Crippen molar-refractivity contribution in [1.82, 2.24) is 4.98 Å². The molecule has 1 aromatic heterocycles. The summed E-state index contributed by atoms with van der Waals surface area (Å²) in [6.07, 6.45) is -2.43. The second-order valence-corrected chi connectivity index (χ2v) is 3.11. The number of rotatable bonds is 3. The Morgan fingerprint density at radius 3 is 2.71 bits per heavy atom. The first kappa shape index (κ1) is 11.0. The molecule has 1 rings (SSSR count). The van der Waals surface area contributed by atoms with E-state index >= 15 is 0 Å². The van der Waals surface area contributed by atoms with E-state index in [1.165, 1.54) is 6.07 Å². The normalized spacial score (nSPS) is 10.6. The van der Waals surface area contributed by atoms with E-state index in [2.05, 4.69) is 20.9 Å². The molecule has 0 aliphatic carbocycles. The fourth-order valence-electron chi connectivity index (χ4n) is 1.03. The van der Waals surface area contributed by atoms with Gasteiger partial charge in [0.2, 0.25) is 0 Å². The number of aldehydes is 1. The highest BCUT2D eigenvalue weighted by molar-refractivity contribution is 9.08. The van der Waals surface area contributed by atoms with Gasteiger partial charge in [0.1, 0.15) is 5.82 Å². The zero-order chi connectivity index (χ0) is 10.7. The molecule has 2 N–H and O–H groups in total. The smallest absolute Gasteiger partial charge is 0.264 e. The summed E-state index contributed by atoms with van der Waals surface area (Å²) in [5.74, 6) is -0.160. The van der Waals surface area contributed by atoms with Gasteiger partial charge in [-0.05, 0) is 6.07 Å². The van der Waals surface area contributed by atoms with Gasteiger partial charge in [0.15, 0.2) is 6.29 Å². The Bertz CT molecular complexity index is 357. The number of carbonyl (C=O) groups excluding carboxylic acids is 1. The molecule has 0 bridgehead atoms. The maximum absolute atomic E-state index is 12.5. The van der Waals surface area contributed by atoms with E-state index in [0.717, 1.165) is 0 Å². The average molecular weight is 265 g/mol. The lowest BCUT2D eigenvalue weighted by Crippen LogP contribution is -2.04. The third-order valence-corrected chi connectivity index (χ3v) is 2.24. The van der Waals surface area contributed by atoms with Gasteiger partial charge < -0.3 is 5.73 Å². The third kappa shape index (κ3) is 2.06. The number of aromatic nitrogens is 1. The van der Waals surface area contributed by atoms with Crippen LogP contribution in [0.25, 0.3) is 0 Å². The highest BCUT2D eigenvalue weighted by Crippen LogP contribution is 2.26. The van der Waals surface area contributed by atoms with Gasteiger partial charge in [-0.25, -0.2) is 13.8 Å². The van der Waals surface area contributed by atoms with Crippen molar-refractivity contribution in [2.24, 2.45) is 0 Å². The summed E-state index contributed by atoms with van der Waals surface area (Å²) in [7, 11) is 0. The Balaban J connectivity index is 3.35. The van der Waals surface area contributed by atoms with Crippen LogP contribution >= 0.6 is 15.9 Å². The Hall–Kier alpha value is -1.04. The average Bonchev–Trinajstić information content (AvgIpc) is 2.16. The molecule has 0 saturated carbocycles. The maximum Gasteiger partial charge on any atom is 0.264 e. The topological polar surface area (TPSA) is 56.0 Å². The molecule has 0 saturated heterocycles. The van der Waals surface area contributed by atoms with Crippen LogP contribution in [0.15, 0.2) is 6.07 Å². The number of hydrogen-bond acceptors (Lipinski definition) is 3. The second-order valence-electron chi connectivity index (χ2n) is 2.55. The summed E-state index contributed by atoms with van der Waals surface area (Å²) in [5, 5.41) is 0.316. The number of halogens is 3. The molecule has 1 heterocycles. The van der Waals surface area contributed by atoms with Gasteiger partial charge in [-0.2, -0.15) is 0 Å². The highest BCUT2D eigenvalue weighted by Gasteiger charge is 2.17. The van der Waals surface area contributed by atoms with E-state index in [0.29, 0.717) is 17.3 Å². The fraction of sp³-hybridized carbons (Fsp3) is 0.250. The lowest BCUT2D eigenvalue weighted by atomic mass is 10.1. The summed E-state index contributed by atoms with van der Waals surface area (Å²) >= 11 is 3.07. The minimum atomic E-state index is -2.72. The molecule has 0 atom stereocenters. The van der Waals surface area contributed by atoms with Crippen molar-refractivity contribution in [1.29, 1.82) is 0 Å². The van der Waals surface area contributed by atoms with Crippen LogP contribution in [-0.2, 0) is 5.33 Å². The molecule has 76 valence electrons. The van der Waals surface area contributed by atoms with Gasteiger partial charge in [-0.3, -0.25) is 4.79 Å². The number of nitrogen functional groups attached to an aromatic ring is 1. The van der Waals surface area contributed by atoms with E-state index in [4.69, 9.17) is 5.73 Å². The summed E-state index contributed by atoms with van der Waals surface area (Å²) in [6, 6.07) is 1.17. The van der Waals surface area contributed by atoms with Crippen LogP contribution in [0.5, 0.6) is 0 Å². The van der Waals surface area contributed by atoms with Gasteiger partial charge in [0.25, 0.3) is 6.43 Å². The van der Waals surface area contributed by atoms with Crippen molar-refractivity contribution in [3.05, 3.63) is 22.9 Å². The van der Waals surface area contributed by atoms with Gasteiger partial charge in [-0.1, -0.05) is 15.9 Å². The van der Waals surface area contributed by atoms with E-state index in [-0.39, 0.29) is 16.9 Å². The molecular formula is C8H7BrF2N2O. The van der Waals surface area contributed by atoms with Gasteiger partial charge in [0, 0.05) is 10.9 Å². The Morgan fingerprint density at radius 1 is 1.64 bits per heavy atom. The summed E-state index contributed by atoms with van der Waals surface area (Å²) in [5.41, 5.74) is 5.12. The predicted octanol–water partition coefficient (Wildman–Crippen LogP) is 2.31. The lowest BCUT2D eigenvalue weighted by molar-refractivity contribution is 0.110. The molecule has 0 fully saturated rings. The Labute approximate surface area is 87.4 Å². The van der Waals surface area contributed by atoms with Crippen LogP contribution in [0.4, 0.5) is 14.6 Å². The van der Waals surface area contributed by atoms with Crippen LogP contribution in [0.2, 0.25) is 0 Å². The molecule has 0 amide bonds. The third-order valence-electron chi connectivity index (χ3n) is 1.66. The van der Waals surface area contributed by atoms with Crippen LogP contribution in [0.1, 0.15) is 28.0 Å². The first-order valence-corrected chi connectivity index (χ1v) is 4.81. The van der Waals surface area contributed by atoms with E-state index in [1.54, 1.807) is 0 Å². The molecule has 0 radical (unpaired) electrons. The molecule has 3 nitrogen and oxygen atoms in total. The molecule has 6 heteroatoms. The van der Waals surface area contributed by atoms with Crippen molar-refractivity contribution in [3.63, 3.8) is 0 Å². The maximum atomic E-state index is 12.5. The van der Waals surface area contributed by atoms with Crippen molar-refractivity contribution in [3.8, 4) is 0 Å². The molecular weight excluding hydrogens is 258 g/mol. The number of hydrogen-bond donors (Lipinski definition) is 1. The summed E-state index contributed by atoms with van der Waals surface area (Å²) in [6.45, 7) is 0. The van der Waals surface area contributed by atoms with Crippen LogP contribution in [0.3, 0.4) is 0 Å². The predicted molar refractivity (Wildman–Crippen MR) is 51.6 cm³/mol. The van der Waals surface area contributed by atoms with Gasteiger partial charge in [-0.15, -0.1) is 0 Å². The van der Waals surface area contributed by atoms with Crippen LogP contribution < -0.4 is 5.73 Å². The van der Waals surface area contributed by atoms with Gasteiger partial charge >= 0.3 is 0 Å². The summed E-state index contributed by atoms with van der Waals surface area (Å²) in [4.78, 5) is 14.3. The fourth-order valence-corrected chi connectivity index (χ4v) is 1.32. The number of alkyl halides is 3. The Morgan fingerprint density at radius 2 is 2.29 bits per heavy atom. The molecule has 0 unspecified atom stereocenters. The van der Waals surface area contributed by atoms with Gasteiger partial charge in [0.05, 0.1) is 11.3 Å². The molecule has 0 spiro atoms. The van der Waals surface area contributed by atoms with E-state index in [9.17, 15) is 13.6 Å². The number of nitrogens with zero attached hydrogens (tertiary/aromatic N) is 1. The molecule has 0 aliphatic heterocycles. The van der Waals surface area contributed by atoms with E-state index < -0.39 is 6.43 Å². The number of nitrogens with two attached hydrogens (primary N) is 1. The van der Waals surface area contributed by atoms with E-state index in [1.807, 2.05) is 0 Å². The quantitative estimate of drug-likeness (QED) is 0.674. The van der Waals surface area contributed by atoms with Crippen molar-refractivity contribution < 1.29 is 13.6 Å². The largest absolute Gasteiger partial charge is 0.383 e. The second kappa shape index (κ2) is 4.45. The standard InChI is InChI=1S/C8H7BrF2N2O/c9-2-4-1-5(7(10)11)6(3-14)8(12)13-4/h1,3,7H,2H2,(H2,12,13). The SMILES string of the molecule is Nc1nc(CBr)cc(C(F)F)c1C=O. The number of carbonyl (C=O) groups is 1. The molecule has 1 aromatic rings. The van der Waals surface area contributed by atoms with Crippen LogP contribution in [-0.4, -0.2) is 11.3 Å². The first-order valence-electron chi connectivity index (χ1n) is 3.68. The van der Waals surface area contributed by atoms with Crippen LogP contribution in [0, 0.1) is 0 Å². The molecule has 0 aromatic carbocycles. The zero-order valence-corrected chi connectivity index (χ0v) is 8.59. The number of pyridine rings is 1. The monoisotopic (exact) mass is 264 g/mol. The first-order chi connectivity index (χ1) is 6.60. The minimum absolute atomic E-state index is 0.160. The Kier molecular flexibility index (Phi) is 3.51. The highest BCUT2D eigenvalue weighted by atomic mass is 79.9. The van der Waals surface area contributed by atoms with Crippen molar-refractivity contribution >= 4 is 28.0 Å². The lowest BCUT2D eigenvalue weighted by Gasteiger charge is -2.07. The van der Waals surface area contributed by atoms with Crippen molar-refractivity contribution in [2.75, 3.05) is 5.73 Å².